The Kier molecular flexibility index (Phi) is 3.19. The summed E-state index contributed by atoms with van der Waals surface area (Å²) < 4.78 is 5.36. The molecule has 2 aliphatic heterocycles. The minimum Gasteiger partial charge on any atom is -0.379 e. The van der Waals surface area contributed by atoms with E-state index < -0.39 is 0 Å². The van der Waals surface area contributed by atoms with Crippen LogP contribution in [0.2, 0.25) is 0 Å². The zero-order chi connectivity index (χ0) is 9.10. The molecule has 0 aliphatic carbocycles. The first kappa shape index (κ1) is 9.44. The van der Waals surface area contributed by atoms with Crippen LogP contribution in [0.4, 0.5) is 0 Å². The Hall–Kier alpha value is -0.120. The molecule has 2 heterocycles. The molecule has 2 unspecified atom stereocenters. The Morgan fingerprint density at radius 1 is 1.23 bits per heavy atom. The van der Waals surface area contributed by atoms with Crippen molar-refractivity contribution >= 4 is 0 Å². The Morgan fingerprint density at radius 2 is 2.00 bits per heavy atom. The van der Waals surface area contributed by atoms with Gasteiger partial charge in [0.2, 0.25) is 0 Å². The van der Waals surface area contributed by atoms with Crippen LogP contribution in [0.15, 0.2) is 0 Å². The van der Waals surface area contributed by atoms with E-state index in [4.69, 9.17) is 4.74 Å². The van der Waals surface area contributed by atoms with Crippen LogP contribution in [0.5, 0.6) is 0 Å². The average molecular weight is 184 g/mol. The molecule has 3 heteroatoms. The van der Waals surface area contributed by atoms with Crippen molar-refractivity contribution < 1.29 is 4.74 Å². The van der Waals surface area contributed by atoms with E-state index in [1.807, 2.05) is 0 Å². The highest BCUT2D eigenvalue weighted by Gasteiger charge is 2.25. The average Bonchev–Trinajstić information content (AvgIpc) is 2.19. The Balaban J connectivity index is 1.83. The van der Waals surface area contributed by atoms with Crippen molar-refractivity contribution in [2.75, 3.05) is 39.4 Å². The second kappa shape index (κ2) is 4.40. The molecule has 13 heavy (non-hydrogen) atoms. The van der Waals surface area contributed by atoms with Gasteiger partial charge in [-0.05, 0) is 18.9 Å². The number of nitrogens with zero attached hydrogens (tertiary/aromatic N) is 1. The van der Waals surface area contributed by atoms with Crippen molar-refractivity contribution in [2.24, 2.45) is 5.92 Å². The molecule has 2 saturated heterocycles. The topological polar surface area (TPSA) is 24.5 Å². The maximum atomic E-state index is 5.36. The van der Waals surface area contributed by atoms with Gasteiger partial charge in [-0.15, -0.1) is 0 Å². The zero-order valence-electron chi connectivity index (χ0n) is 8.46. The molecule has 2 atom stereocenters. The fraction of sp³-hybridized carbons (Fsp3) is 1.00. The van der Waals surface area contributed by atoms with E-state index in [-0.39, 0.29) is 0 Å². The zero-order valence-corrected chi connectivity index (χ0v) is 8.46. The molecule has 0 aromatic heterocycles. The van der Waals surface area contributed by atoms with Gasteiger partial charge >= 0.3 is 0 Å². The van der Waals surface area contributed by atoms with Crippen molar-refractivity contribution in [1.29, 1.82) is 0 Å². The van der Waals surface area contributed by atoms with E-state index in [1.165, 1.54) is 19.5 Å². The van der Waals surface area contributed by atoms with Crippen LogP contribution in [0.3, 0.4) is 0 Å². The molecule has 0 aromatic carbocycles. The van der Waals surface area contributed by atoms with Gasteiger partial charge in [-0.3, -0.25) is 4.90 Å². The summed E-state index contributed by atoms with van der Waals surface area (Å²) in [6, 6.07) is 0.757. The second-order valence-corrected chi connectivity index (χ2v) is 4.30. The van der Waals surface area contributed by atoms with Gasteiger partial charge in [-0.1, -0.05) is 6.92 Å². The lowest BCUT2D eigenvalue weighted by molar-refractivity contribution is 0.00747. The maximum absolute atomic E-state index is 5.36. The van der Waals surface area contributed by atoms with Crippen LogP contribution in [-0.2, 0) is 4.74 Å². The number of ether oxygens (including phenoxy) is 1. The Morgan fingerprint density at radius 3 is 2.69 bits per heavy atom. The van der Waals surface area contributed by atoms with Gasteiger partial charge in [0.1, 0.15) is 0 Å². The first-order valence-corrected chi connectivity index (χ1v) is 5.39. The molecule has 0 spiro atoms. The Labute approximate surface area is 80.4 Å². The maximum Gasteiger partial charge on any atom is 0.0594 e. The molecule has 0 aromatic rings. The second-order valence-electron chi connectivity index (χ2n) is 4.30. The van der Waals surface area contributed by atoms with E-state index in [2.05, 4.69) is 17.1 Å². The molecule has 0 radical (unpaired) electrons. The third-order valence-electron chi connectivity index (χ3n) is 3.11. The smallest absolute Gasteiger partial charge is 0.0594 e. The van der Waals surface area contributed by atoms with Crippen LogP contribution >= 0.6 is 0 Å². The van der Waals surface area contributed by atoms with Crippen LogP contribution in [0, 0.1) is 5.92 Å². The van der Waals surface area contributed by atoms with Crippen molar-refractivity contribution in [3.8, 4) is 0 Å². The molecule has 3 nitrogen and oxygen atoms in total. The van der Waals surface area contributed by atoms with Crippen LogP contribution < -0.4 is 5.32 Å². The van der Waals surface area contributed by atoms with E-state index in [9.17, 15) is 0 Å². The number of morpholine rings is 1. The Bertz CT molecular complexity index is 157. The molecule has 1 N–H and O–H groups in total. The normalized spacial score (nSPS) is 37.6. The molecule has 2 aliphatic rings. The summed E-state index contributed by atoms with van der Waals surface area (Å²) in [5, 5.41) is 3.50. The summed E-state index contributed by atoms with van der Waals surface area (Å²) in [6.45, 7) is 8.79. The molecule has 0 bridgehead atoms. The SMILES string of the molecule is CC1CNCC(N2CCOCC2)C1. The molecular formula is C10H20N2O. The van der Waals surface area contributed by atoms with Gasteiger partial charge in [0.25, 0.3) is 0 Å². The van der Waals surface area contributed by atoms with Crippen LogP contribution in [0.1, 0.15) is 13.3 Å². The summed E-state index contributed by atoms with van der Waals surface area (Å²) in [5.74, 6) is 0.835. The third kappa shape index (κ3) is 2.42. The lowest BCUT2D eigenvalue weighted by Crippen LogP contribution is -2.52. The van der Waals surface area contributed by atoms with Crippen molar-refractivity contribution in [3.05, 3.63) is 0 Å². The van der Waals surface area contributed by atoms with Crippen molar-refractivity contribution in [3.63, 3.8) is 0 Å². The lowest BCUT2D eigenvalue weighted by atomic mass is 9.96. The standard InChI is InChI=1S/C10H20N2O/c1-9-6-10(8-11-7-9)12-2-4-13-5-3-12/h9-11H,2-8H2,1H3. The first-order chi connectivity index (χ1) is 6.36. The fourth-order valence-corrected chi connectivity index (χ4v) is 2.35. The molecule has 0 saturated carbocycles. The van der Waals surface area contributed by atoms with Gasteiger partial charge in [-0.2, -0.15) is 0 Å². The number of rotatable bonds is 1. The minimum absolute atomic E-state index is 0.757. The van der Waals surface area contributed by atoms with Gasteiger partial charge in [0.05, 0.1) is 13.2 Å². The molecule has 2 rings (SSSR count). The van der Waals surface area contributed by atoms with Crippen LogP contribution in [0.25, 0.3) is 0 Å². The number of hydrogen-bond acceptors (Lipinski definition) is 3. The number of nitrogens with one attached hydrogen (secondary N) is 1. The van der Waals surface area contributed by atoms with Gasteiger partial charge in [0.15, 0.2) is 0 Å². The molecule has 2 fully saturated rings. The quantitative estimate of drug-likeness (QED) is 0.635. The molecular weight excluding hydrogens is 164 g/mol. The highest BCUT2D eigenvalue weighted by atomic mass is 16.5. The minimum atomic E-state index is 0.757. The number of hydrogen-bond donors (Lipinski definition) is 1. The van der Waals surface area contributed by atoms with Gasteiger partial charge in [0, 0.05) is 25.7 Å². The van der Waals surface area contributed by atoms with Crippen molar-refractivity contribution in [1.82, 2.24) is 10.2 Å². The predicted molar refractivity (Wildman–Crippen MR) is 52.8 cm³/mol. The summed E-state index contributed by atoms with van der Waals surface area (Å²) in [4.78, 5) is 2.58. The van der Waals surface area contributed by atoms with E-state index >= 15 is 0 Å². The van der Waals surface area contributed by atoms with Gasteiger partial charge in [-0.25, -0.2) is 0 Å². The largest absolute Gasteiger partial charge is 0.379 e. The van der Waals surface area contributed by atoms with E-state index in [0.29, 0.717) is 0 Å². The highest BCUT2D eigenvalue weighted by molar-refractivity contribution is 4.82. The summed E-state index contributed by atoms with van der Waals surface area (Å²) in [5.41, 5.74) is 0. The van der Waals surface area contributed by atoms with E-state index in [0.717, 1.165) is 38.3 Å². The highest BCUT2D eigenvalue weighted by Crippen LogP contribution is 2.16. The fourth-order valence-electron chi connectivity index (χ4n) is 2.35. The van der Waals surface area contributed by atoms with Crippen molar-refractivity contribution in [2.45, 2.75) is 19.4 Å². The monoisotopic (exact) mass is 184 g/mol. The predicted octanol–water partition coefficient (Wildman–Crippen LogP) is 0.317. The molecule has 76 valence electrons. The lowest BCUT2D eigenvalue weighted by Gasteiger charge is -2.38. The first-order valence-electron chi connectivity index (χ1n) is 5.39. The number of piperidine rings is 1. The van der Waals surface area contributed by atoms with Gasteiger partial charge < -0.3 is 10.1 Å². The van der Waals surface area contributed by atoms with E-state index in [1.54, 1.807) is 0 Å². The third-order valence-corrected chi connectivity index (χ3v) is 3.11. The molecule has 0 amide bonds. The summed E-state index contributed by atoms with van der Waals surface area (Å²) in [7, 11) is 0. The van der Waals surface area contributed by atoms with Crippen LogP contribution in [-0.4, -0.2) is 50.3 Å². The summed E-state index contributed by atoms with van der Waals surface area (Å²) >= 11 is 0. The summed E-state index contributed by atoms with van der Waals surface area (Å²) in [6.07, 6.45) is 1.35.